The molecule has 1 amide bonds. The number of halogens is 1. The highest BCUT2D eigenvalue weighted by atomic mass is 35.5. The summed E-state index contributed by atoms with van der Waals surface area (Å²) in [7, 11) is 0. The smallest absolute Gasteiger partial charge is 0.257 e. The first-order chi connectivity index (χ1) is 14.2. The van der Waals surface area contributed by atoms with E-state index in [4.69, 9.17) is 11.6 Å². The zero-order chi connectivity index (χ0) is 20.1. The Kier molecular flexibility index (Phi) is 6.24. The maximum absolute atomic E-state index is 12.5. The molecule has 4 aromatic rings. The van der Waals surface area contributed by atoms with Crippen molar-refractivity contribution in [3.63, 3.8) is 0 Å². The van der Waals surface area contributed by atoms with Crippen LogP contribution in [0.1, 0.15) is 15.9 Å². The van der Waals surface area contributed by atoms with Gasteiger partial charge >= 0.3 is 0 Å². The molecule has 0 fully saturated rings. The maximum atomic E-state index is 12.5. The third kappa shape index (κ3) is 5.23. The molecule has 0 aliphatic carbocycles. The van der Waals surface area contributed by atoms with Crippen LogP contribution < -0.4 is 5.32 Å². The Morgan fingerprint density at radius 1 is 0.897 bits per heavy atom. The van der Waals surface area contributed by atoms with Crippen molar-refractivity contribution in [2.45, 2.75) is 10.1 Å². The van der Waals surface area contributed by atoms with E-state index in [-0.39, 0.29) is 5.91 Å². The van der Waals surface area contributed by atoms with Crippen LogP contribution in [0.2, 0.25) is 5.02 Å². The second-order valence-corrected chi connectivity index (χ2v) is 8.82. The number of carbonyl (C=O) groups excluding carboxylic acids is 1. The van der Waals surface area contributed by atoms with E-state index in [0.29, 0.717) is 10.7 Å². The van der Waals surface area contributed by atoms with Gasteiger partial charge in [-0.15, -0.1) is 10.2 Å². The Balaban J connectivity index is 1.35. The first-order valence-electron chi connectivity index (χ1n) is 8.85. The Morgan fingerprint density at radius 3 is 2.31 bits per heavy atom. The van der Waals surface area contributed by atoms with E-state index in [0.717, 1.165) is 31.8 Å². The highest BCUT2D eigenvalue weighted by Gasteiger charge is 2.11. The number of rotatable bonds is 6. The van der Waals surface area contributed by atoms with Crippen molar-refractivity contribution in [2.24, 2.45) is 0 Å². The second kappa shape index (κ2) is 9.22. The van der Waals surface area contributed by atoms with Crippen LogP contribution >= 0.6 is 34.7 Å². The summed E-state index contributed by atoms with van der Waals surface area (Å²) in [5.41, 5.74) is 3.92. The molecule has 0 atom stereocenters. The number of hydrogen-bond acceptors (Lipinski definition) is 5. The molecule has 29 heavy (non-hydrogen) atoms. The van der Waals surface area contributed by atoms with Gasteiger partial charge in [0.15, 0.2) is 4.34 Å². The minimum Gasteiger partial charge on any atom is -0.296 e. The number of amides is 1. The third-order valence-corrected chi connectivity index (χ3v) is 6.45. The molecule has 1 heterocycles. The van der Waals surface area contributed by atoms with Crippen molar-refractivity contribution in [3.8, 4) is 11.1 Å². The number of anilines is 1. The Bertz CT molecular complexity index is 1100. The monoisotopic (exact) mass is 437 g/mol. The molecule has 0 unspecified atom stereocenters. The zero-order valence-electron chi connectivity index (χ0n) is 15.2. The van der Waals surface area contributed by atoms with E-state index in [1.165, 1.54) is 11.3 Å². The van der Waals surface area contributed by atoms with Crippen molar-refractivity contribution >= 4 is 45.7 Å². The molecular formula is C22H16ClN3OS2. The van der Waals surface area contributed by atoms with Crippen LogP contribution in [0, 0.1) is 0 Å². The van der Waals surface area contributed by atoms with Crippen LogP contribution in [-0.2, 0) is 5.75 Å². The third-order valence-electron chi connectivity index (χ3n) is 4.16. The van der Waals surface area contributed by atoms with Gasteiger partial charge in [0.25, 0.3) is 5.91 Å². The van der Waals surface area contributed by atoms with Crippen LogP contribution in [0.5, 0.6) is 0 Å². The molecule has 1 N–H and O–H groups in total. The van der Waals surface area contributed by atoms with Crippen LogP contribution in [0.3, 0.4) is 0 Å². The van der Waals surface area contributed by atoms with Crippen LogP contribution in [0.25, 0.3) is 11.1 Å². The average Bonchev–Trinajstić information content (AvgIpc) is 3.21. The van der Waals surface area contributed by atoms with Gasteiger partial charge in [-0.3, -0.25) is 10.1 Å². The lowest BCUT2D eigenvalue weighted by Gasteiger charge is -2.04. The highest BCUT2D eigenvalue weighted by Crippen LogP contribution is 2.29. The van der Waals surface area contributed by atoms with Crippen molar-refractivity contribution in [2.75, 3.05) is 5.32 Å². The van der Waals surface area contributed by atoms with E-state index in [9.17, 15) is 4.79 Å². The van der Waals surface area contributed by atoms with Gasteiger partial charge in [0.1, 0.15) is 0 Å². The molecule has 0 radical (unpaired) electrons. The van der Waals surface area contributed by atoms with Crippen molar-refractivity contribution in [3.05, 3.63) is 95.0 Å². The summed E-state index contributed by atoms with van der Waals surface area (Å²) in [4.78, 5) is 12.5. The molecule has 3 aromatic carbocycles. The molecule has 0 spiro atoms. The highest BCUT2D eigenvalue weighted by molar-refractivity contribution is 8.00. The van der Waals surface area contributed by atoms with Crippen molar-refractivity contribution in [1.82, 2.24) is 10.2 Å². The molecule has 0 saturated carbocycles. The van der Waals surface area contributed by atoms with Gasteiger partial charge in [-0.2, -0.15) is 0 Å². The molecule has 0 bridgehead atoms. The van der Waals surface area contributed by atoms with E-state index in [1.54, 1.807) is 11.8 Å². The van der Waals surface area contributed by atoms with E-state index in [1.807, 2.05) is 78.9 Å². The quantitative estimate of drug-likeness (QED) is 0.280. The molecule has 0 aliphatic rings. The summed E-state index contributed by atoms with van der Waals surface area (Å²) >= 11 is 8.84. The Labute approximate surface area is 182 Å². The van der Waals surface area contributed by atoms with Gasteiger partial charge in [-0.1, -0.05) is 89.3 Å². The minimum atomic E-state index is -0.199. The summed E-state index contributed by atoms with van der Waals surface area (Å²) in [5.74, 6) is 0.566. The molecule has 1 aromatic heterocycles. The largest absolute Gasteiger partial charge is 0.296 e. The molecule has 0 aliphatic heterocycles. The SMILES string of the molecule is O=C(Nc1nnc(SCc2ccc(Cl)cc2)s1)c1ccc(-c2ccccc2)cc1. The van der Waals surface area contributed by atoms with Crippen molar-refractivity contribution < 1.29 is 4.79 Å². The fourth-order valence-corrected chi connectivity index (χ4v) is 4.49. The lowest BCUT2D eigenvalue weighted by Crippen LogP contribution is -2.11. The predicted molar refractivity (Wildman–Crippen MR) is 121 cm³/mol. The van der Waals surface area contributed by atoms with Crippen LogP contribution in [0.4, 0.5) is 5.13 Å². The number of thioether (sulfide) groups is 1. The zero-order valence-corrected chi connectivity index (χ0v) is 17.6. The molecule has 4 rings (SSSR count). The van der Waals surface area contributed by atoms with E-state index >= 15 is 0 Å². The molecule has 7 heteroatoms. The van der Waals surface area contributed by atoms with Gasteiger partial charge in [-0.05, 0) is 41.0 Å². The second-order valence-electron chi connectivity index (χ2n) is 6.19. The first kappa shape index (κ1) is 19.6. The molecular weight excluding hydrogens is 422 g/mol. The van der Waals surface area contributed by atoms with E-state index in [2.05, 4.69) is 15.5 Å². The summed E-state index contributed by atoms with van der Waals surface area (Å²) in [6, 6.07) is 25.3. The Hall–Kier alpha value is -2.67. The lowest BCUT2D eigenvalue weighted by molar-refractivity contribution is 0.102. The molecule has 0 saturated heterocycles. The number of nitrogens with zero attached hydrogens (tertiary/aromatic N) is 2. The Morgan fingerprint density at radius 2 is 1.59 bits per heavy atom. The maximum Gasteiger partial charge on any atom is 0.257 e. The van der Waals surface area contributed by atoms with Gasteiger partial charge in [0, 0.05) is 16.3 Å². The summed E-state index contributed by atoms with van der Waals surface area (Å²) in [6.07, 6.45) is 0. The lowest BCUT2D eigenvalue weighted by atomic mass is 10.0. The summed E-state index contributed by atoms with van der Waals surface area (Å²) < 4.78 is 0.801. The fraction of sp³-hybridized carbons (Fsp3) is 0.0455. The van der Waals surface area contributed by atoms with Gasteiger partial charge < -0.3 is 0 Å². The standard InChI is InChI=1S/C22H16ClN3OS2/c23-19-12-6-15(7-13-19)14-28-22-26-25-21(29-22)24-20(27)18-10-8-17(9-11-18)16-4-2-1-3-5-16/h1-13H,14H2,(H,24,25,27). The fourth-order valence-electron chi connectivity index (χ4n) is 2.66. The van der Waals surface area contributed by atoms with Gasteiger partial charge in [-0.25, -0.2) is 0 Å². The van der Waals surface area contributed by atoms with Crippen LogP contribution in [-0.4, -0.2) is 16.1 Å². The van der Waals surface area contributed by atoms with Gasteiger partial charge in [0.2, 0.25) is 5.13 Å². The average molecular weight is 438 g/mol. The number of nitrogens with one attached hydrogen (secondary N) is 1. The summed E-state index contributed by atoms with van der Waals surface area (Å²) in [6.45, 7) is 0. The number of aromatic nitrogens is 2. The molecule has 4 nitrogen and oxygen atoms in total. The number of carbonyl (C=O) groups is 1. The van der Waals surface area contributed by atoms with Gasteiger partial charge in [0.05, 0.1) is 0 Å². The molecule has 144 valence electrons. The number of benzene rings is 3. The van der Waals surface area contributed by atoms with E-state index < -0.39 is 0 Å². The topological polar surface area (TPSA) is 54.9 Å². The first-order valence-corrected chi connectivity index (χ1v) is 11.0. The normalized spacial score (nSPS) is 10.7. The minimum absolute atomic E-state index is 0.199. The summed E-state index contributed by atoms with van der Waals surface area (Å²) in [5, 5.41) is 12.2. The van der Waals surface area contributed by atoms with Crippen LogP contribution in [0.15, 0.2) is 83.2 Å². The van der Waals surface area contributed by atoms with Crippen molar-refractivity contribution in [1.29, 1.82) is 0 Å². The predicted octanol–water partition coefficient (Wildman–Crippen LogP) is 6.40. The number of hydrogen-bond donors (Lipinski definition) is 1.